The highest BCUT2D eigenvalue weighted by Crippen LogP contribution is 2.25. The van der Waals surface area contributed by atoms with Crippen molar-refractivity contribution >= 4 is 78.2 Å². The van der Waals surface area contributed by atoms with Gasteiger partial charge in [-0.25, -0.2) is 4.98 Å². The third kappa shape index (κ3) is 3.49. The third-order valence-electron chi connectivity index (χ3n) is 3.34. The van der Waals surface area contributed by atoms with Gasteiger partial charge < -0.3 is 5.11 Å². The van der Waals surface area contributed by atoms with Crippen molar-refractivity contribution in [2.75, 3.05) is 0 Å². The lowest BCUT2D eigenvalue weighted by molar-refractivity contribution is 0.470. The minimum Gasteiger partial charge on any atom is -0.506 e. The Morgan fingerprint density at radius 2 is 2.04 bits per heavy atom. The maximum Gasteiger partial charge on any atom is 0.282 e. The largest absolute Gasteiger partial charge is 0.506 e. The lowest BCUT2D eigenvalue weighted by atomic mass is 10.2. The fourth-order valence-corrected chi connectivity index (χ4v) is 4.45. The summed E-state index contributed by atoms with van der Waals surface area (Å²) in [5.74, 6) is 0.618. The number of aromatic nitrogens is 2. The number of rotatable bonds is 2. The average molecular weight is 610 g/mol. The third-order valence-corrected chi connectivity index (χ3v) is 5.28. The van der Waals surface area contributed by atoms with Crippen LogP contribution in [-0.4, -0.2) is 21.0 Å². The van der Waals surface area contributed by atoms with Crippen molar-refractivity contribution in [3.63, 3.8) is 0 Å². The number of hydrogen-bond acceptors (Lipinski definition) is 4. The number of hydrogen-bond donors (Lipinski definition) is 1. The summed E-state index contributed by atoms with van der Waals surface area (Å²) in [6.07, 6.45) is 1.47. The number of nitrogens with zero attached hydrogens (tertiary/aromatic N) is 3. The predicted molar refractivity (Wildman–Crippen MR) is 115 cm³/mol. The lowest BCUT2D eigenvalue weighted by Gasteiger charge is -2.07. The van der Waals surface area contributed by atoms with Gasteiger partial charge in [-0.1, -0.05) is 15.9 Å². The summed E-state index contributed by atoms with van der Waals surface area (Å²) in [6, 6.07) is 9.01. The Bertz CT molecular complexity index is 1050. The molecule has 0 spiro atoms. The van der Waals surface area contributed by atoms with Gasteiger partial charge in [0.15, 0.2) is 0 Å². The Morgan fingerprint density at radius 1 is 1.29 bits per heavy atom. The highest BCUT2D eigenvalue weighted by molar-refractivity contribution is 14.1. The zero-order valence-corrected chi connectivity index (χ0v) is 18.2. The van der Waals surface area contributed by atoms with Gasteiger partial charge in [0.2, 0.25) is 0 Å². The SMILES string of the molecule is Cc1nc2ccc(Br)cc2c(=O)n1/N=C/c1cc(I)cc(I)c1O. The van der Waals surface area contributed by atoms with Crippen molar-refractivity contribution in [1.29, 1.82) is 0 Å². The van der Waals surface area contributed by atoms with Crippen LogP contribution in [-0.2, 0) is 0 Å². The highest BCUT2D eigenvalue weighted by atomic mass is 127. The molecule has 1 N–H and O–H groups in total. The predicted octanol–water partition coefficient (Wildman–Crippen LogP) is 4.26. The van der Waals surface area contributed by atoms with E-state index >= 15 is 0 Å². The zero-order chi connectivity index (χ0) is 17.4. The van der Waals surface area contributed by atoms with Gasteiger partial charge >= 0.3 is 0 Å². The van der Waals surface area contributed by atoms with E-state index < -0.39 is 0 Å². The average Bonchev–Trinajstić information content (AvgIpc) is 2.52. The van der Waals surface area contributed by atoms with Gasteiger partial charge in [-0.15, -0.1) is 0 Å². The van der Waals surface area contributed by atoms with E-state index in [-0.39, 0.29) is 11.3 Å². The maximum absolute atomic E-state index is 12.7. The van der Waals surface area contributed by atoms with Crippen LogP contribution in [0.4, 0.5) is 0 Å². The molecule has 8 heteroatoms. The van der Waals surface area contributed by atoms with E-state index in [0.29, 0.717) is 22.3 Å². The van der Waals surface area contributed by atoms with E-state index in [1.54, 1.807) is 25.1 Å². The molecule has 0 aliphatic heterocycles. The van der Waals surface area contributed by atoms with Gasteiger partial charge in [-0.3, -0.25) is 4.79 Å². The van der Waals surface area contributed by atoms with E-state index in [1.165, 1.54) is 10.9 Å². The first-order chi connectivity index (χ1) is 11.4. The minimum absolute atomic E-state index is 0.141. The van der Waals surface area contributed by atoms with Crippen LogP contribution in [0, 0.1) is 14.1 Å². The van der Waals surface area contributed by atoms with Crippen molar-refractivity contribution in [2.24, 2.45) is 5.10 Å². The molecular formula is C16H10BrI2N3O2. The van der Waals surface area contributed by atoms with Crippen molar-refractivity contribution in [1.82, 2.24) is 9.66 Å². The Hall–Kier alpha value is -1.01. The summed E-state index contributed by atoms with van der Waals surface area (Å²) in [4.78, 5) is 17.1. The summed E-state index contributed by atoms with van der Waals surface area (Å²) in [7, 11) is 0. The monoisotopic (exact) mass is 609 g/mol. The topological polar surface area (TPSA) is 67.5 Å². The van der Waals surface area contributed by atoms with Crippen molar-refractivity contribution in [2.45, 2.75) is 6.92 Å². The van der Waals surface area contributed by atoms with E-state index in [0.717, 1.165) is 11.6 Å². The minimum atomic E-state index is -0.255. The van der Waals surface area contributed by atoms with Crippen LogP contribution in [0.15, 0.2) is 44.7 Å². The summed E-state index contributed by atoms with van der Waals surface area (Å²) in [5.41, 5.74) is 0.917. The summed E-state index contributed by atoms with van der Waals surface area (Å²) >= 11 is 7.58. The number of phenolic OH excluding ortho intramolecular Hbond substituents is 1. The maximum atomic E-state index is 12.7. The smallest absolute Gasteiger partial charge is 0.282 e. The van der Waals surface area contributed by atoms with Crippen LogP contribution in [0.25, 0.3) is 10.9 Å². The Balaban J connectivity index is 2.15. The van der Waals surface area contributed by atoms with Crippen LogP contribution >= 0.6 is 61.1 Å². The van der Waals surface area contributed by atoms with Gasteiger partial charge in [0.1, 0.15) is 11.6 Å². The standard InChI is InChI=1S/C16H10BrI2N3O2/c1-8-21-14-3-2-10(17)5-12(14)16(24)22(8)20-7-9-4-11(18)6-13(19)15(9)23/h2-7,23H,1H3/b20-7+. The first-order valence-corrected chi connectivity index (χ1v) is 9.73. The van der Waals surface area contributed by atoms with Crippen LogP contribution < -0.4 is 5.56 Å². The number of phenols is 1. The van der Waals surface area contributed by atoms with Gasteiger partial charge in [0, 0.05) is 13.6 Å². The number of aryl methyl sites for hydroxylation is 1. The van der Waals surface area contributed by atoms with Crippen LogP contribution in [0.2, 0.25) is 0 Å². The molecule has 0 bridgehead atoms. The molecule has 0 radical (unpaired) electrons. The number of fused-ring (bicyclic) bond motifs is 1. The number of aromatic hydroxyl groups is 1. The lowest BCUT2D eigenvalue weighted by Crippen LogP contribution is -2.20. The molecule has 0 amide bonds. The second-order valence-electron chi connectivity index (χ2n) is 5.01. The summed E-state index contributed by atoms with van der Waals surface area (Å²) in [5, 5.41) is 14.8. The molecular weight excluding hydrogens is 600 g/mol. The van der Waals surface area contributed by atoms with Crippen LogP contribution in [0.1, 0.15) is 11.4 Å². The molecule has 0 aliphatic carbocycles. The molecule has 0 unspecified atom stereocenters. The number of halogens is 3. The Morgan fingerprint density at radius 3 is 2.79 bits per heavy atom. The fraction of sp³-hybridized carbons (Fsp3) is 0.0625. The Kier molecular flexibility index (Phi) is 5.25. The molecule has 0 aliphatic rings. The molecule has 0 saturated carbocycles. The van der Waals surface area contributed by atoms with Crippen molar-refractivity contribution < 1.29 is 5.11 Å². The van der Waals surface area contributed by atoms with Crippen molar-refractivity contribution in [3.05, 3.63) is 63.7 Å². The summed E-state index contributed by atoms with van der Waals surface area (Å²) in [6.45, 7) is 1.72. The van der Waals surface area contributed by atoms with Gasteiger partial charge in [0.05, 0.1) is 20.7 Å². The number of benzene rings is 2. The second-order valence-corrected chi connectivity index (χ2v) is 8.33. The molecule has 2 aromatic carbocycles. The Labute approximate surface area is 173 Å². The van der Waals surface area contributed by atoms with E-state index in [4.69, 9.17) is 0 Å². The van der Waals surface area contributed by atoms with Gasteiger partial charge in [0.25, 0.3) is 5.56 Å². The molecule has 1 heterocycles. The molecule has 0 atom stereocenters. The molecule has 5 nitrogen and oxygen atoms in total. The molecule has 1 aromatic heterocycles. The van der Waals surface area contributed by atoms with Crippen molar-refractivity contribution in [3.8, 4) is 5.75 Å². The molecule has 3 aromatic rings. The molecule has 122 valence electrons. The van der Waals surface area contributed by atoms with E-state index in [1.807, 2.05) is 12.1 Å². The second kappa shape index (κ2) is 7.08. The first kappa shape index (κ1) is 17.8. The molecule has 3 rings (SSSR count). The van der Waals surface area contributed by atoms with Crippen LogP contribution in [0.5, 0.6) is 5.75 Å². The molecule has 0 fully saturated rings. The summed E-state index contributed by atoms with van der Waals surface area (Å²) < 4.78 is 3.74. The van der Waals surface area contributed by atoms with E-state index in [9.17, 15) is 9.90 Å². The zero-order valence-electron chi connectivity index (χ0n) is 12.3. The fourth-order valence-electron chi connectivity index (χ4n) is 2.20. The quantitative estimate of drug-likeness (QED) is 0.349. The van der Waals surface area contributed by atoms with E-state index in [2.05, 4.69) is 71.2 Å². The van der Waals surface area contributed by atoms with Gasteiger partial charge in [-0.2, -0.15) is 9.78 Å². The first-order valence-electron chi connectivity index (χ1n) is 6.78. The van der Waals surface area contributed by atoms with Crippen LogP contribution in [0.3, 0.4) is 0 Å². The highest BCUT2D eigenvalue weighted by Gasteiger charge is 2.09. The van der Waals surface area contributed by atoms with Gasteiger partial charge in [-0.05, 0) is 82.4 Å². The molecule has 0 saturated heterocycles. The molecule has 24 heavy (non-hydrogen) atoms. The normalized spacial score (nSPS) is 11.5.